The monoisotopic (exact) mass is 355 g/mol. The second-order valence-corrected chi connectivity index (χ2v) is 7.79. The maximum absolute atomic E-state index is 12.2. The Hall–Kier alpha value is -1.57. The molecule has 0 saturated heterocycles. The van der Waals surface area contributed by atoms with Crippen LogP contribution in [0.15, 0.2) is 11.5 Å². The number of thioether (sulfide) groups is 1. The summed E-state index contributed by atoms with van der Waals surface area (Å²) in [5, 5.41) is 11.6. The Kier molecular flexibility index (Phi) is 8.24. The third kappa shape index (κ3) is 7.81. The minimum absolute atomic E-state index is 0.0554. The molecule has 24 heavy (non-hydrogen) atoms. The Morgan fingerprint density at radius 1 is 1.33 bits per heavy atom. The lowest BCUT2D eigenvalue weighted by Gasteiger charge is -2.23. The van der Waals surface area contributed by atoms with Crippen LogP contribution in [0.1, 0.15) is 47.0 Å². The van der Waals surface area contributed by atoms with E-state index >= 15 is 0 Å². The summed E-state index contributed by atoms with van der Waals surface area (Å²) in [7, 11) is 1.64. The number of aryl methyl sites for hydroxylation is 1. The molecule has 1 N–H and O–H groups in total. The number of likely N-dealkylation sites (N-methyl/N-ethyl adjacent to an activating group) is 1. The van der Waals surface area contributed by atoms with E-state index in [1.54, 1.807) is 13.4 Å². The van der Waals surface area contributed by atoms with Crippen LogP contribution >= 0.6 is 11.8 Å². The fraction of sp³-hybridized carbons (Fsp3) is 0.750. The van der Waals surface area contributed by atoms with Crippen molar-refractivity contribution in [1.29, 1.82) is 0 Å². The minimum atomic E-state index is -0.301. The zero-order chi connectivity index (χ0) is 18.2. The molecule has 1 aromatic rings. The number of rotatable bonds is 9. The topological polar surface area (TPSA) is 80.1 Å². The first-order valence-corrected chi connectivity index (χ1v) is 9.27. The van der Waals surface area contributed by atoms with Crippen LogP contribution in [0.4, 0.5) is 0 Å². The van der Waals surface area contributed by atoms with Crippen LogP contribution in [-0.2, 0) is 16.1 Å². The van der Waals surface area contributed by atoms with E-state index in [0.717, 1.165) is 31.0 Å². The molecule has 0 unspecified atom stereocenters. The van der Waals surface area contributed by atoms with Gasteiger partial charge in [0.2, 0.25) is 11.8 Å². The van der Waals surface area contributed by atoms with Crippen LogP contribution in [0, 0.1) is 0 Å². The number of aromatic nitrogens is 3. The summed E-state index contributed by atoms with van der Waals surface area (Å²) in [6.45, 7) is 8.81. The van der Waals surface area contributed by atoms with Gasteiger partial charge in [0.05, 0.1) is 12.3 Å². The number of carbonyl (C=O) groups excluding carboxylic acids is 2. The quantitative estimate of drug-likeness (QED) is 0.541. The third-order valence-electron chi connectivity index (χ3n) is 3.23. The number of carbonyl (C=O) groups is 2. The second-order valence-electron chi connectivity index (χ2n) is 6.85. The smallest absolute Gasteiger partial charge is 0.240 e. The molecule has 0 atom stereocenters. The molecule has 7 nitrogen and oxygen atoms in total. The molecule has 0 aliphatic heterocycles. The van der Waals surface area contributed by atoms with Gasteiger partial charge >= 0.3 is 0 Å². The number of nitrogens with zero attached hydrogens (tertiary/aromatic N) is 4. The van der Waals surface area contributed by atoms with Crippen LogP contribution in [0.3, 0.4) is 0 Å². The molecule has 136 valence electrons. The molecule has 0 bridgehead atoms. The molecular formula is C16H29N5O2S. The lowest BCUT2D eigenvalue weighted by Crippen LogP contribution is -2.46. The maximum Gasteiger partial charge on any atom is 0.240 e. The molecule has 0 spiro atoms. The predicted molar refractivity (Wildman–Crippen MR) is 95.8 cm³/mol. The SMILES string of the molecule is CCCCCn1cnnc1SCC(=O)N(C)CC(=O)NC(C)(C)C. The molecule has 1 heterocycles. The van der Waals surface area contributed by atoms with Gasteiger partial charge in [-0.2, -0.15) is 0 Å². The normalized spacial score (nSPS) is 11.4. The van der Waals surface area contributed by atoms with Crippen LogP contribution in [-0.4, -0.2) is 56.4 Å². The molecule has 1 rings (SSSR count). The first-order valence-electron chi connectivity index (χ1n) is 8.28. The summed E-state index contributed by atoms with van der Waals surface area (Å²) in [4.78, 5) is 25.5. The average molecular weight is 356 g/mol. The highest BCUT2D eigenvalue weighted by Gasteiger charge is 2.18. The summed E-state index contributed by atoms with van der Waals surface area (Å²) in [6, 6.07) is 0. The van der Waals surface area contributed by atoms with Crippen molar-refractivity contribution >= 4 is 23.6 Å². The molecule has 0 fully saturated rings. The zero-order valence-corrected chi connectivity index (χ0v) is 16.2. The van der Waals surface area contributed by atoms with Gasteiger partial charge in [0.15, 0.2) is 5.16 Å². The van der Waals surface area contributed by atoms with E-state index in [1.807, 2.05) is 25.3 Å². The molecule has 2 amide bonds. The van der Waals surface area contributed by atoms with Gasteiger partial charge in [-0.05, 0) is 27.2 Å². The van der Waals surface area contributed by atoms with Crippen molar-refractivity contribution in [2.24, 2.45) is 0 Å². The number of amides is 2. The Morgan fingerprint density at radius 3 is 2.67 bits per heavy atom. The van der Waals surface area contributed by atoms with Gasteiger partial charge in [-0.25, -0.2) is 0 Å². The third-order valence-corrected chi connectivity index (χ3v) is 4.19. The molecule has 0 aliphatic rings. The van der Waals surface area contributed by atoms with Crippen molar-refractivity contribution < 1.29 is 9.59 Å². The van der Waals surface area contributed by atoms with Crippen LogP contribution in [0.2, 0.25) is 0 Å². The largest absolute Gasteiger partial charge is 0.350 e. The van der Waals surface area contributed by atoms with E-state index in [4.69, 9.17) is 0 Å². The lowest BCUT2D eigenvalue weighted by atomic mass is 10.1. The van der Waals surface area contributed by atoms with Crippen molar-refractivity contribution in [2.75, 3.05) is 19.3 Å². The van der Waals surface area contributed by atoms with Gasteiger partial charge in [-0.3, -0.25) is 9.59 Å². The number of unbranched alkanes of at least 4 members (excludes halogenated alkanes) is 2. The Balaban J connectivity index is 2.43. The Morgan fingerprint density at radius 2 is 2.04 bits per heavy atom. The van der Waals surface area contributed by atoms with Crippen molar-refractivity contribution in [3.05, 3.63) is 6.33 Å². The van der Waals surface area contributed by atoms with Crippen LogP contribution < -0.4 is 5.32 Å². The fourth-order valence-corrected chi connectivity index (χ4v) is 2.92. The fourth-order valence-electron chi connectivity index (χ4n) is 2.04. The van der Waals surface area contributed by atoms with Gasteiger partial charge in [0.1, 0.15) is 6.33 Å². The van der Waals surface area contributed by atoms with Crippen molar-refractivity contribution in [3.63, 3.8) is 0 Å². The first kappa shape index (κ1) is 20.5. The molecular weight excluding hydrogens is 326 g/mol. The number of hydrogen-bond donors (Lipinski definition) is 1. The van der Waals surface area contributed by atoms with E-state index < -0.39 is 0 Å². The van der Waals surface area contributed by atoms with E-state index in [-0.39, 0.29) is 29.7 Å². The van der Waals surface area contributed by atoms with Crippen LogP contribution in [0.5, 0.6) is 0 Å². The molecule has 0 radical (unpaired) electrons. The highest BCUT2D eigenvalue weighted by molar-refractivity contribution is 7.99. The number of hydrogen-bond acceptors (Lipinski definition) is 5. The van der Waals surface area contributed by atoms with Gasteiger partial charge in [-0.15, -0.1) is 10.2 Å². The van der Waals surface area contributed by atoms with Gasteiger partial charge in [0.25, 0.3) is 0 Å². The summed E-state index contributed by atoms with van der Waals surface area (Å²) in [6.07, 6.45) is 5.09. The van der Waals surface area contributed by atoms with Crippen LogP contribution in [0.25, 0.3) is 0 Å². The maximum atomic E-state index is 12.2. The lowest BCUT2D eigenvalue weighted by molar-refractivity contribution is -0.133. The van der Waals surface area contributed by atoms with Crippen molar-refractivity contribution in [2.45, 2.75) is 64.2 Å². The van der Waals surface area contributed by atoms with Gasteiger partial charge in [0, 0.05) is 19.1 Å². The second kappa shape index (κ2) is 9.66. The Labute approximate surface area is 148 Å². The molecule has 0 aliphatic carbocycles. The summed E-state index contributed by atoms with van der Waals surface area (Å²) >= 11 is 1.35. The molecule has 1 aromatic heterocycles. The first-order chi connectivity index (χ1) is 11.2. The zero-order valence-electron chi connectivity index (χ0n) is 15.3. The molecule has 0 aromatic carbocycles. The van der Waals surface area contributed by atoms with Gasteiger partial charge < -0.3 is 14.8 Å². The standard InChI is InChI=1S/C16H29N5O2S/c1-6-7-8-9-21-12-17-19-15(21)24-11-14(23)20(5)10-13(22)18-16(2,3)4/h12H,6-11H2,1-5H3,(H,18,22). The Bertz CT molecular complexity index is 539. The summed E-state index contributed by atoms with van der Waals surface area (Å²) in [5.41, 5.74) is -0.301. The van der Waals surface area contributed by atoms with E-state index in [2.05, 4.69) is 22.4 Å². The van der Waals surface area contributed by atoms with E-state index in [9.17, 15) is 9.59 Å². The van der Waals surface area contributed by atoms with Gasteiger partial charge in [-0.1, -0.05) is 31.5 Å². The predicted octanol–water partition coefficient (Wildman–Crippen LogP) is 1.93. The van der Waals surface area contributed by atoms with Crippen molar-refractivity contribution in [1.82, 2.24) is 25.0 Å². The molecule has 8 heteroatoms. The van der Waals surface area contributed by atoms with Crippen molar-refractivity contribution in [3.8, 4) is 0 Å². The van der Waals surface area contributed by atoms with E-state index in [1.165, 1.54) is 16.7 Å². The minimum Gasteiger partial charge on any atom is -0.350 e. The number of nitrogens with one attached hydrogen (secondary N) is 1. The summed E-state index contributed by atoms with van der Waals surface area (Å²) < 4.78 is 1.97. The highest BCUT2D eigenvalue weighted by Crippen LogP contribution is 2.16. The highest BCUT2D eigenvalue weighted by atomic mass is 32.2. The summed E-state index contributed by atoms with van der Waals surface area (Å²) in [5.74, 6) is -0.0237. The average Bonchev–Trinajstić information content (AvgIpc) is 2.90. The molecule has 0 saturated carbocycles. The van der Waals surface area contributed by atoms with E-state index in [0.29, 0.717) is 0 Å².